The van der Waals surface area contributed by atoms with Crippen molar-refractivity contribution in [3.05, 3.63) is 52.3 Å². The molecular formula is C23H25BrN4O3. The van der Waals surface area contributed by atoms with E-state index >= 15 is 0 Å². The molecule has 0 radical (unpaired) electrons. The zero-order valence-electron chi connectivity index (χ0n) is 17.7. The molecule has 1 aromatic heterocycles. The molecule has 2 aromatic carbocycles. The summed E-state index contributed by atoms with van der Waals surface area (Å²) in [5.41, 5.74) is 2.23. The fourth-order valence-electron chi connectivity index (χ4n) is 3.26. The van der Waals surface area contributed by atoms with Crippen molar-refractivity contribution in [2.45, 2.75) is 33.2 Å². The SMILES string of the molecule is CCOc1cc(C#N)cc(Br)c1OCC(=O)NC(CC(C)C)c1nc2ccccc2[nH]1. The van der Waals surface area contributed by atoms with Crippen molar-refractivity contribution < 1.29 is 14.3 Å². The molecular weight excluding hydrogens is 460 g/mol. The maximum atomic E-state index is 12.7. The summed E-state index contributed by atoms with van der Waals surface area (Å²) < 4.78 is 11.9. The number of rotatable bonds is 9. The lowest BCUT2D eigenvalue weighted by atomic mass is 10.0. The maximum absolute atomic E-state index is 12.7. The Kier molecular flexibility index (Phi) is 7.53. The van der Waals surface area contributed by atoms with Crippen LogP contribution >= 0.6 is 15.9 Å². The van der Waals surface area contributed by atoms with Crippen molar-refractivity contribution in [1.29, 1.82) is 5.26 Å². The number of nitrogens with one attached hydrogen (secondary N) is 2. The predicted octanol–water partition coefficient (Wildman–Crippen LogP) is 4.88. The summed E-state index contributed by atoms with van der Waals surface area (Å²) in [6, 6.07) is 12.8. The number of benzene rings is 2. The van der Waals surface area contributed by atoms with Gasteiger partial charge < -0.3 is 19.8 Å². The first-order valence-electron chi connectivity index (χ1n) is 10.1. The topological polar surface area (TPSA) is 100 Å². The van der Waals surface area contributed by atoms with Crippen LogP contribution in [0.15, 0.2) is 40.9 Å². The van der Waals surface area contributed by atoms with E-state index in [1.807, 2.05) is 31.2 Å². The summed E-state index contributed by atoms with van der Waals surface area (Å²) >= 11 is 3.40. The molecule has 1 heterocycles. The molecule has 0 saturated heterocycles. The van der Waals surface area contributed by atoms with Crippen LogP contribution in [0.2, 0.25) is 0 Å². The first-order valence-corrected chi connectivity index (χ1v) is 10.9. The standard InChI is InChI=1S/C23H25BrN4O3/c1-4-30-20-11-15(12-25)10-16(24)22(20)31-13-21(29)26-19(9-14(2)3)23-27-17-7-5-6-8-18(17)28-23/h5-8,10-11,14,19H,4,9,13H2,1-3H3,(H,26,29)(H,27,28). The third-order valence-electron chi connectivity index (χ3n) is 4.57. The average molecular weight is 485 g/mol. The Balaban J connectivity index is 1.74. The molecule has 8 heteroatoms. The highest BCUT2D eigenvalue weighted by Gasteiger charge is 2.21. The number of aromatic nitrogens is 2. The molecule has 162 valence electrons. The highest BCUT2D eigenvalue weighted by Crippen LogP contribution is 2.36. The number of halogens is 1. The Morgan fingerprint density at radius 3 is 2.74 bits per heavy atom. The largest absolute Gasteiger partial charge is 0.490 e. The molecule has 1 unspecified atom stereocenters. The number of para-hydroxylation sites is 2. The number of hydrogen-bond acceptors (Lipinski definition) is 5. The van der Waals surface area contributed by atoms with Gasteiger partial charge in [-0.2, -0.15) is 5.26 Å². The highest BCUT2D eigenvalue weighted by molar-refractivity contribution is 9.10. The van der Waals surface area contributed by atoms with Gasteiger partial charge in [-0.25, -0.2) is 4.98 Å². The Hall–Kier alpha value is -3.05. The molecule has 0 aliphatic rings. The molecule has 2 N–H and O–H groups in total. The van der Waals surface area contributed by atoms with Crippen LogP contribution in [0, 0.1) is 17.2 Å². The fraction of sp³-hybridized carbons (Fsp3) is 0.348. The molecule has 0 aliphatic carbocycles. The van der Waals surface area contributed by atoms with Gasteiger partial charge in [0.05, 0.1) is 39.8 Å². The fourth-order valence-corrected chi connectivity index (χ4v) is 3.81. The Morgan fingerprint density at radius 1 is 1.29 bits per heavy atom. The number of hydrogen-bond donors (Lipinski definition) is 2. The number of carbonyl (C=O) groups excluding carboxylic acids is 1. The number of carbonyl (C=O) groups is 1. The van der Waals surface area contributed by atoms with Crippen molar-refractivity contribution in [2.75, 3.05) is 13.2 Å². The van der Waals surface area contributed by atoms with E-state index < -0.39 is 0 Å². The molecule has 0 fully saturated rings. The van der Waals surface area contributed by atoms with Crippen LogP contribution in [-0.2, 0) is 4.79 Å². The number of fused-ring (bicyclic) bond motifs is 1. The van der Waals surface area contributed by atoms with Crippen molar-refractivity contribution >= 4 is 32.9 Å². The summed E-state index contributed by atoms with van der Waals surface area (Å²) in [7, 11) is 0. The van der Waals surface area contributed by atoms with E-state index in [1.54, 1.807) is 12.1 Å². The number of nitriles is 1. The zero-order chi connectivity index (χ0) is 22.4. The molecule has 1 amide bonds. The van der Waals surface area contributed by atoms with Gasteiger partial charge in [0.1, 0.15) is 5.82 Å². The predicted molar refractivity (Wildman–Crippen MR) is 122 cm³/mol. The van der Waals surface area contributed by atoms with E-state index in [0.717, 1.165) is 23.3 Å². The number of amides is 1. The Morgan fingerprint density at radius 2 is 2.06 bits per heavy atom. The van der Waals surface area contributed by atoms with Gasteiger partial charge in [0.25, 0.3) is 5.91 Å². The van der Waals surface area contributed by atoms with Gasteiger partial charge in [-0.1, -0.05) is 26.0 Å². The Labute approximate surface area is 189 Å². The van der Waals surface area contributed by atoms with Crippen LogP contribution in [0.5, 0.6) is 11.5 Å². The van der Waals surface area contributed by atoms with Crippen molar-refractivity contribution in [3.8, 4) is 17.6 Å². The van der Waals surface area contributed by atoms with Gasteiger partial charge in [-0.05, 0) is 53.4 Å². The number of H-pyrrole nitrogens is 1. The second kappa shape index (κ2) is 10.3. The van der Waals surface area contributed by atoms with Crippen LogP contribution in [-0.4, -0.2) is 29.1 Å². The second-order valence-corrected chi connectivity index (χ2v) is 8.36. The van der Waals surface area contributed by atoms with Crippen molar-refractivity contribution in [2.24, 2.45) is 5.92 Å². The van der Waals surface area contributed by atoms with E-state index in [-0.39, 0.29) is 18.6 Å². The molecule has 0 spiro atoms. The first kappa shape index (κ1) is 22.6. The van der Waals surface area contributed by atoms with Gasteiger partial charge in [-0.15, -0.1) is 0 Å². The van der Waals surface area contributed by atoms with Crippen LogP contribution in [0.4, 0.5) is 0 Å². The smallest absolute Gasteiger partial charge is 0.258 e. The number of nitrogens with zero attached hydrogens (tertiary/aromatic N) is 2. The minimum Gasteiger partial charge on any atom is -0.490 e. The third kappa shape index (κ3) is 5.76. The molecule has 0 aliphatic heterocycles. The van der Waals surface area contributed by atoms with Gasteiger partial charge >= 0.3 is 0 Å². The van der Waals surface area contributed by atoms with E-state index in [2.05, 4.69) is 51.1 Å². The lowest BCUT2D eigenvalue weighted by Gasteiger charge is -2.19. The van der Waals surface area contributed by atoms with E-state index in [9.17, 15) is 4.79 Å². The number of imidazole rings is 1. The van der Waals surface area contributed by atoms with E-state index in [1.165, 1.54) is 0 Å². The monoisotopic (exact) mass is 484 g/mol. The minimum atomic E-state index is -0.273. The van der Waals surface area contributed by atoms with Crippen LogP contribution in [0.1, 0.15) is 44.6 Å². The van der Waals surface area contributed by atoms with E-state index in [4.69, 9.17) is 14.7 Å². The van der Waals surface area contributed by atoms with E-state index in [0.29, 0.717) is 34.1 Å². The Bertz CT molecular complexity index is 1070. The molecule has 3 rings (SSSR count). The summed E-state index contributed by atoms with van der Waals surface area (Å²) in [6.45, 7) is 6.25. The summed E-state index contributed by atoms with van der Waals surface area (Å²) in [4.78, 5) is 20.7. The molecule has 1 atom stereocenters. The van der Waals surface area contributed by atoms with Gasteiger partial charge in [0.2, 0.25) is 0 Å². The molecule has 0 bridgehead atoms. The summed E-state index contributed by atoms with van der Waals surface area (Å²) in [5.74, 6) is 1.61. The van der Waals surface area contributed by atoms with Gasteiger partial charge in [-0.3, -0.25) is 4.79 Å². The number of aromatic amines is 1. The van der Waals surface area contributed by atoms with Crippen LogP contribution in [0.3, 0.4) is 0 Å². The van der Waals surface area contributed by atoms with Gasteiger partial charge in [0, 0.05) is 6.07 Å². The maximum Gasteiger partial charge on any atom is 0.258 e. The lowest BCUT2D eigenvalue weighted by molar-refractivity contribution is -0.124. The van der Waals surface area contributed by atoms with Crippen molar-refractivity contribution in [1.82, 2.24) is 15.3 Å². The first-order chi connectivity index (χ1) is 14.9. The van der Waals surface area contributed by atoms with Crippen LogP contribution < -0.4 is 14.8 Å². The summed E-state index contributed by atoms with van der Waals surface area (Å²) in [5, 5.41) is 12.2. The van der Waals surface area contributed by atoms with Crippen molar-refractivity contribution in [3.63, 3.8) is 0 Å². The second-order valence-electron chi connectivity index (χ2n) is 7.51. The normalized spacial score (nSPS) is 11.9. The average Bonchev–Trinajstić information content (AvgIpc) is 3.16. The molecule has 3 aromatic rings. The zero-order valence-corrected chi connectivity index (χ0v) is 19.3. The quantitative estimate of drug-likeness (QED) is 0.450. The minimum absolute atomic E-state index is 0.195. The number of ether oxygens (including phenoxy) is 2. The van der Waals surface area contributed by atoms with Gasteiger partial charge in [0.15, 0.2) is 18.1 Å². The summed E-state index contributed by atoms with van der Waals surface area (Å²) in [6.07, 6.45) is 0.732. The highest BCUT2D eigenvalue weighted by atomic mass is 79.9. The van der Waals surface area contributed by atoms with Crippen LogP contribution in [0.25, 0.3) is 11.0 Å². The molecule has 31 heavy (non-hydrogen) atoms. The third-order valence-corrected chi connectivity index (χ3v) is 5.16. The molecule has 7 nitrogen and oxygen atoms in total. The molecule has 0 saturated carbocycles. The lowest BCUT2D eigenvalue weighted by Crippen LogP contribution is -2.34.